The third-order valence-corrected chi connectivity index (χ3v) is 3.35. The van der Waals surface area contributed by atoms with Gasteiger partial charge in [0.1, 0.15) is 6.04 Å². The van der Waals surface area contributed by atoms with Crippen molar-refractivity contribution in [3.05, 3.63) is 34.9 Å². The van der Waals surface area contributed by atoms with E-state index in [4.69, 9.17) is 17.3 Å². The summed E-state index contributed by atoms with van der Waals surface area (Å²) in [6.45, 7) is 0. The van der Waals surface area contributed by atoms with E-state index in [0.29, 0.717) is 17.0 Å². The number of hydrogen-bond donors (Lipinski definition) is 2. The molecule has 1 unspecified atom stereocenters. The predicted octanol–water partition coefficient (Wildman–Crippen LogP) is 1.68. The van der Waals surface area contributed by atoms with Gasteiger partial charge >= 0.3 is 0 Å². The van der Waals surface area contributed by atoms with Gasteiger partial charge in [-0.2, -0.15) is 11.8 Å². The molecule has 18 heavy (non-hydrogen) atoms. The molecule has 1 aromatic rings. The summed E-state index contributed by atoms with van der Waals surface area (Å²) in [5.41, 5.74) is 5.59. The predicted molar refractivity (Wildman–Crippen MR) is 74.9 cm³/mol. The first kappa shape index (κ1) is 14.9. The molecule has 0 aromatic heterocycles. The Labute approximate surface area is 115 Å². The molecule has 3 N–H and O–H groups in total. The van der Waals surface area contributed by atoms with Crippen LogP contribution < -0.4 is 11.1 Å². The Morgan fingerprint density at radius 3 is 2.67 bits per heavy atom. The van der Waals surface area contributed by atoms with Crippen LogP contribution in [0.25, 0.3) is 0 Å². The Kier molecular flexibility index (Phi) is 6.01. The van der Waals surface area contributed by atoms with Gasteiger partial charge in [0.2, 0.25) is 5.91 Å². The van der Waals surface area contributed by atoms with Crippen molar-refractivity contribution in [1.29, 1.82) is 0 Å². The lowest BCUT2D eigenvalue weighted by Crippen LogP contribution is -2.44. The molecule has 4 nitrogen and oxygen atoms in total. The lowest BCUT2D eigenvalue weighted by atomic mass is 10.1. The highest BCUT2D eigenvalue weighted by molar-refractivity contribution is 7.98. The number of hydrogen-bond acceptors (Lipinski definition) is 3. The number of primary amides is 1. The van der Waals surface area contributed by atoms with Crippen molar-refractivity contribution in [3.63, 3.8) is 0 Å². The Morgan fingerprint density at radius 1 is 1.44 bits per heavy atom. The van der Waals surface area contributed by atoms with Crippen LogP contribution in [0.5, 0.6) is 0 Å². The van der Waals surface area contributed by atoms with Crippen LogP contribution in [-0.2, 0) is 4.79 Å². The molecule has 0 spiro atoms. The zero-order chi connectivity index (χ0) is 13.5. The summed E-state index contributed by atoms with van der Waals surface area (Å²) in [4.78, 5) is 23.2. The normalized spacial score (nSPS) is 11.9. The summed E-state index contributed by atoms with van der Waals surface area (Å²) in [5, 5.41) is 2.95. The SMILES string of the molecule is CSCCC(NC(=O)c1ccccc1Cl)C(N)=O. The number of rotatable bonds is 6. The average Bonchev–Trinajstić information content (AvgIpc) is 2.34. The Balaban J connectivity index is 2.72. The summed E-state index contributed by atoms with van der Waals surface area (Å²) in [7, 11) is 0. The highest BCUT2D eigenvalue weighted by atomic mass is 35.5. The van der Waals surface area contributed by atoms with E-state index in [0.717, 1.165) is 5.75 Å². The summed E-state index contributed by atoms with van der Waals surface area (Å²) in [6, 6.07) is 6.00. The van der Waals surface area contributed by atoms with Gasteiger partial charge < -0.3 is 11.1 Å². The monoisotopic (exact) mass is 286 g/mol. The van der Waals surface area contributed by atoms with Gasteiger partial charge in [-0.25, -0.2) is 0 Å². The molecular formula is C12H15ClN2O2S. The van der Waals surface area contributed by atoms with Crippen LogP contribution in [0.2, 0.25) is 5.02 Å². The van der Waals surface area contributed by atoms with Gasteiger partial charge in [-0.1, -0.05) is 23.7 Å². The summed E-state index contributed by atoms with van der Waals surface area (Å²) >= 11 is 7.49. The number of nitrogens with one attached hydrogen (secondary N) is 1. The molecule has 0 aliphatic carbocycles. The molecule has 0 radical (unpaired) electrons. The molecule has 0 fully saturated rings. The fourth-order valence-electron chi connectivity index (χ4n) is 1.40. The van der Waals surface area contributed by atoms with E-state index in [1.165, 1.54) is 0 Å². The molecule has 0 saturated heterocycles. The number of benzene rings is 1. The number of carbonyl (C=O) groups excluding carboxylic acids is 2. The molecule has 1 aromatic carbocycles. The van der Waals surface area contributed by atoms with Crippen LogP contribution in [0.15, 0.2) is 24.3 Å². The minimum absolute atomic E-state index is 0.342. The van der Waals surface area contributed by atoms with Crippen molar-refractivity contribution in [2.75, 3.05) is 12.0 Å². The molecule has 2 amide bonds. The van der Waals surface area contributed by atoms with Crippen molar-refractivity contribution in [2.24, 2.45) is 5.73 Å². The Hall–Kier alpha value is -1.20. The molecule has 0 aliphatic rings. The Bertz CT molecular complexity index is 440. The van der Waals surface area contributed by atoms with Crippen molar-refractivity contribution in [2.45, 2.75) is 12.5 Å². The molecular weight excluding hydrogens is 272 g/mol. The third-order valence-electron chi connectivity index (χ3n) is 2.38. The third kappa shape index (κ3) is 4.23. The minimum Gasteiger partial charge on any atom is -0.368 e. The van der Waals surface area contributed by atoms with Gasteiger partial charge in [-0.15, -0.1) is 0 Å². The van der Waals surface area contributed by atoms with E-state index in [-0.39, 0.29) is 5.91 Å². The lowest BCUT2D eigenvalue weighted by molar-refractivity contribution is -0.119. The van der Waals surface area contributed by atoms with E-state index in [2.05, 4.69) is 5.32 Å². The highest BCUT2D eigenvalue weighted by Gasteiger charge is 2.19. The molecule has 6 heteroatoms. The van der Waals surface area contributed by atoms with Crippen LogP contribution in [0.4, 0.5) is 0 Å². The van der Waals surface area contributed by atoms with E-state index >= 15 is 0 Å². The fourth-order valence-corrected chi connectivity index (χ4v) is 2.10. The van der Waals surface area contributed by atoms with E-state index in [1.807, 2.05) is 6.26 Å². The maximum atomic E-state index is 11.9. The number of nitrogens with two attached hydrogens (primary N) is 1. The maximum Gasteiger partial charge on any atom is 0.253 e. The van der Waals surface area contributed by atoms with Crippen LogP contribution in [0.3, 0.4) is 0 Å². The smallest absolute Gasteiger partial charge is 0.253 e. The molecule has 1 atom stereocenters. The lowest BCUT2D eigenvalue weighted by Gasteiger charge is -2.15. The number of carbonyl (C=O) groups is 2. The van der Waals surface area contributed by atoms with Crippen molar-refractivity contribution in [1.82, 2.24) is 5.32 Å². The zero-order valence-corrected chi connectivity index (χ0v) is 11.6. The molecule has 0 aliphatic heterocycles. The first-order valence-electron chi connectivity index (χ1n) is 5.40. The van der Waals surface area contributed by atoms with Gasteiger partial charge in [0.15, 0.2) is 0 Å². The van der Waals surface area contributed by atoms with Crippen LogP contribution in [0.1, 0.15) is 16.8 Å². The van der Waals surface area contributed by atoms with Crippen LogP contribution in [0, 0.1) is 0 Å². The number of amides is 2. The minimum atomic E-state index is -0.666. The van der Waals surface area contributed by atoms with Crippen LogP contribution >= 0.6 is 23.4 Å². The largest absolute Gasteiger partial charge is 0.368 e. The van der Waals surface area contributed by atoms with Crippen molar-refractivity contribution < 1.29 is 9.59 Å². The van der Waals surface area contributed by atoms with E-state index < -0.39 is 11.9 Å². The number of thioether (sulfide) groups is 1. The highest BCUT2D eigenvalue weighted by Crippen LogP contribution is 2.15. The standard InChI is InChI=1S/C12H15ClN2O2S/c1-18-7-6-10(11(14)16)15-12(17)8-4-2-3-5-9(8)13/h2-5,10H,6-7H2,1H3,(H2,14,16)(H,15,17). The molecule has 0 bridgehead atoms. The summed E-state index contributed by atoms with van der Waals surface area (Å²) in [5.74, 6) is -0.175. The topological polar surface area (TPSA) is 72.2 Å². The quantitative estimate of drug-likeness (QED) is 0.836. The van der Waals surface area contributed by atoms with E-state index in [9.17, 15) is 9.59 Å². The second kappa shape index (κ2) is 7.28. The van der Waals surface area contributed by atoms with Crippen LogP contribution in [-0.4, -0.2) is 29.9 Å². The zero-order valence-electron chi connectivity index (χ0n) is 9.98. The second-order valence-corrected chi connectivity index (χ2v) is 5.08. The first-order valence-corrected chi connectivity index (χ1v) is 7.17. The molecule has 1 rings (SSSR count). The van der Waals surface area contributed by atoms with Gasteiger partial charge in [-0.3, -0.25) is 9.59 Å². The second-order valence-electron chi connectivity index (χ2n) is 3.69. The van der Waals surface area contributed by atoms with Crippen molar-refractivity contribution in [3.8, 4) is 0 Å². The Morgan fingerprint density at radius 2 is 2.11 bits per heavy atom. The van der Waals surface area contributed by atoms with Gasteiger partial charge in [0.25, 0.3) is 5.91 Å². The molecule has 0 saturated carbocycles. The molecule has 98 valence electrons. The first-order chi connectivity index (χ1) is 8.56. The van der Waals surface area contributed by atoms with E-state index in [1.54, 1.807) is 36.0 Å². The number of halogens is 1. The molecule has 0 heterocycles. The van der Waals surface area contributed by atoms with Crippen molar-refractivity contribution >= 4 is 35.2 Å². The fraction of sp³-hybridized carbons (Fsp3) is 0.333. The van der Waals surface area contributed by atoms with Gasteiger partial charge in [-0.05, 0) is 30.6 Å². The summed E-state index contributed by atoms with van der Waals surface area (Å²) < 4.78 is 0. The maximum absolute atomic E-state index is 11.9. The van der Waals surface area contributed by atoms with Gasteiger partial charge in [0.05, 0.1) is 10.6 Å². The summed E-state index contributed by atoms with van der Waals surface area (Å²) in [6.07, 6.45) is 2.43. The van der Waals surface area contributed by atoms with Gasteiger partial charge in [0, 0.05) is 0 Å². The average molecular weight is 287 g/mol.